The zero-order valence-corrected chi connectivity index (χ0v) is 11.0. The smallest absolute Gasteiger partial charge is 0.339 e. The average Bonchev–Trinajstić information content (AvgIpc) is 2.37. The van der Waals surface area contributed by atoms with Gasteiger partial charge < -0.3 is 5.32 Å². The van der Waals surface area contributed by atoms with Gasteiger partial charge in [0, 0.05) is 0 Å². The minimum Gasteiger partial charge on any atom is -0.339 e. The van der Waals surface area contributed by atoms with Crippen LogP contribution >= 0.6 is 0 Å². The molecule has 0 aliphatic heterocycles. The van der Waals surface area contributed by atoms with Crippen LogP contribution in [-0.4, -0.2) is 25.9 Å². The molecule has 108 valence electrons. The molecule has 0 saturated heterocycles. The first-order valence-electron chi connectivity index (χ1n) is 5.28. The fraction of sp³-hybridized carbons (Fsp3) is 0.250. The molecule has 0 heterocycles. The lowest BCUT2D eigenvalue weighted by atomic mass is 10.2. The van der Waals surface area contributed by atoms with Crippen LogP contribution in [0.1, 0.15) is 17.3 Å². The Hall–Kier alpha value is -2.01. The highest BCUT2D eigenvalue weighted by molar-refractivity contribution is 7.92. The van der Waals surface area contributed by atoms with Gasteiger partial charge in [0.15, 0.2) is 0 Å². The number of hydrogen-bond acceptors (Lipinski definition) is 3. The molecule has 4 nitrogen and oxygen atoms in total. The van der Waals surface area contributed by atoms with Crippen LogP contribution < -0.4 is 5.32 Å². The Labute approximate surface area is 113 Å². The first-order valence-corrected chi connectivity index (χ1v) is 6.77. The number of sulfone groups is 1. The maximum Gasteiger partial charge on any atom is 0.501 e. The van der Waals surface area contributed by atoms with Crippen molar-refractivity contribution in [3.05, 3.63) is 29.8 Å². The van der Waals surface area contributed by atoms with Crippen LogP contribution in [-0.2, 0) is 9.84 Å². The number of carbonyl (C=O) groups is 1. The van der Waals surface area contributed by atoms with E-state index in [2.05, 4.69) is 11.2 Å². The second-order valence-corrected chi connectivity index (χ2v) is 5.72. The Morgan fingerprint density at radius 2 is 1.90 bits per heavy atom. The van der Waals surface area contributed by atoms with Gasteiger partial charge in [-0.15, -0.1) is 6.42 Å². The summed E-state index contributed by atoms with van der Waals surface area (Å²) in [5.41, 5.74) is -6.09. The van der Waals surface area contributed by atoms with Crippen LogP contribution in [0.3, 0.4) is 0 Å². The zero-order chi connectivity index (χ0) is 15.6. The van der Waals surface area contributed by atoms with Crippen LogP contribution in [0.2, 0.25) is 0 Å². The number of alkyl halides is 3. The summed E-state index contributed by atoms with van der Waals surface area (Å²) in [7, 11) is -5.61. The molecule has 0 bridgehead atoms. The van der Waals surface area contributed by atoms with Gasteiger partial charge >= 0.3 is 5.51 Å². The van der Waals surface area contributed by atoms with Crippen LogP contribution in [0, 0.1) is 12.3 Å². The van der Waals surface area contributed by atoms with E-state index in [-0.39, 0.29) is 0 Å². The third-order valence-electron chi connectivity index (χ3n) is 2.32. The second kappa shape index (κ2) is 5.54. The first kappa shape index (κ1) is 16.0. The van der Waals surface area contributed by atoms with Gasteiger partial charge in [-0.2, -0.15) is 13.2 Å². The van der Waals surface area contributed by atoms with Crippen molar-refractivity contribution in [3.8, 4) is 12.3 Å². The number of hydrogen-bond donors (Lipinski definition) is 1. The molecule has 1 aromatic rings. The summed E-state index contributed by atoms with van der Waals surface area (Å²) in [6.45, 7) is 1.43. The highest BCUT2D eigenvalue weighted by Crippen LogP contribution is 2.32. The van der Waals surface area contributed by atoms with E-state index in [0.717, 1.165) is 18.2 Å². The summed E-state index contributed by atoms with van der Waals surface area (Å²) in [6.07, 6.45) is 5.03. The molecule has 20 heavy (non-hydrogen) atoms. The second-order valence-electron chi connectivity index (χ2n) is 3.81. The van der Waals surface area contributed by atoms with Gasteiger partial charge in [-0.25, -0.2) is 8.42 Å². The van der Waals surface area contributed by atoms with Gasteiger partial charge in [0.05, 0.1) is 16.5 Å². The minimum absolute atomic E-state index is 0.605. The third kappa shape index (κ3) is 3.11. The van der Waals surface area contributed by atoms with Crippen molar-refractivity contribution in [2.75, 3.05) is 0 Å². The standard InChI is InChI=1S/C12H10F3NO3S/c1-3-8(2)16-11(17)9-6-4-5-7-10(9)20(18,19)12(13,14)15/h1,4-8H,2H3,(H,16,17)/t8-/m0/s1. The zero-order valence-electron chi connectivity index (χ0n) is 10.2. The van der Waals surface area contributed by atoms with Crippen LogP contribution in [0.5, 0.6) is 0 Å². The number of nitrogens with one attached hydrogen (secondary N) is 1. The molecule has 1 atom stereocenters. The van der Waals surface area contributed by atoms with E-state index in [9.17, 15) is 26.4 Å². The number of rotatable bonds is 3. The van der Waals surface area contributed by atoms with Gasteiger partial charge in [0.25, 0.3) is 15.7 Å². The van der Waals surface area contributed by atoms with Crippen molar-refractivity contribution in [2.45, 2.75) is 23.4 Å². The molecule has 1 aromatic carbocycles. The van der Waals surface area contributed by atoms with Crippen LogP contribution in [0.4, 0.5) is 13.2 Å². The summed E-state index contributed by atoms with van der Waals surface area (Å²) in [5.74, 6) is 1.16. The van der Waals surface area contributed by atoms with Crippen molar-refractivity contribution >= 4 is 15.7 Å². The molecule has 1 amide bonds. The van der Waals surface area contributed by atoms with Gasteiger partial charge in [-0.1, -0.05) is 18.1 Å². The predicted octanol–water partition coefficient (Wildman–Crippen LogP) is 1.73. The summed E-state index contributed by atoms with van der Waals surface area (Å²) in [5, 5.41) is 2.20. The van der Waals surface area contributed by atoms with Crippen LogP contribution in [0.25, 0.3) is 0 Å². The van der Waals surface area contributed by atoms with Gasteiger partial charge in [-0.3, -0.25) is 4.79 Å². The Balaban J connectivity index is 3.34. The third-order valence-corrected chi connectivity index (χ3v) is 3.87. The lowest BCUT2D eigenvalue weighted by molar-refractivity contribution is -0.0436. The molecule has 0 saturated carbocycles. The average molecular weight is 305 g/mol. The Morgan fingerprint density at radius 1 is 1.35 bits per heavy atom. The Morgan fingerprint density at radius 3 is 2.40 bits per heavy atom. The molecule has 0 aromatic heterocycles. The monoisotopic (exact) mass is 305 g/mol. The first-order chi connectivity index (χ1) is 9.11. The van der Waals surface area contributed by atoms with E-state index in [0.29, 0.717) is 0 Å². The van der Waals surface area contributed by atoms with Gasteiger partial charge in [0.2, 0.25) is 0 Å². The van der Waals surface area contributed by atoms with E-state index in [1.54, 1.807) is 0 Å². The van der Waals surface area contributed by atoms with E-state index < -0.39 is 37.8 Å². The molecule has 0 aliphatic rings. The lowest BCUT2D eigenvalue weighted by Gasteiger charge is -2.13. The highest BCUT2D eigenvalue weighted by atomic mass is 32.2. The number of amides is 1. The molecule has 0 spiro atoms. The molecule has 1 rings (SSSR count). The van der Waals surface area contributed by atoms with Crippen molar-refractivity contribution < 1.29 is 26.4 Å². The number of terminal acetylenes is 1. The quantitative estimate of drug-likeness (QED) is 0.865. The molecule has 0 aliphatic carbocycles. The fourth-order valence-electron chi connectivity index (χ4n) is 1.33. The maximum absolute atomic E-state index is 12.5. The van der Waals surface area contributed by atoms with E-state index in [1.165, 1.54) is 13.0 Å². The number of halogens is 3. The van der Waals surface area contributed by atoms with Crippen molar-refractivity contribution in [1.29, 1.82) is 0 Å². The molecule has 8 heteroatoms. The molecule has 0 radical (unpaired) electrons. The van der Waals surface area contributed by atoms with Crippen molar-refractivity contribution in [1.82, 2.24) is 5.32 Å². The summed E-state index contributed by atoms with van der Waals surface area (Å²) in [4.78, 5) is 10.7. The predicted molar refractivity (Wildman–Crippen MR) is 65.4 cm³/mol. The maximum atomic E-state index is 12.5. The van der Waals surface area contributed by atoms with E-state index >= 15 is 0 Å². The van der Waals surface area contributed by atoms with E-state index in [1.807, 2.05) is 0 Å². The number of benzene rings is 1. The summed E-state index contributed by atoms with van der Waals surface area (Å²) < 4.78 is 60.4. The SMILES string of the molecule is C#C[C@H](C)NC(=O)c1ccccc1S(=O)(=O)C(F)(F)F. The normalized spacial score (nSPS) is 13.3. The molecular formula is C12H10F3NO3S. The molecular weight excluding hydrogens is 295 g/mol. The summed E-state index contributed by atoms with van der Waals surface area (Å²) in [6, 6.07) is 3.31. The van der Waals surface area contributed by atoms with E-state index in [4.69, 9.17) is 6.42 Å². The lowest BCUT2D eigenvalue weighted by Crippen LogP contribution is -2.33. The van der Waals surface area contributed by atoms with Crippen molar-refractivity contribution in [3.63, 3.8) is 0 Å². The Bertz CT molecular complexity index is 659. The molecule has 1 N–H and O–H groups in total. The minimum atomic E-state index is -5.61. The van der Waals surface area contributed by atoms with Crippen LogP contribution in [0.15, 0.2) is 29.2 Å². The van der Waals surface area contributed by atoms with Gasteiger partial charge in [0.1, 0.15) is 0 Å². The number of carbonyl (C=O) groups excluding carboxylic acids is 1. The molecule has 0 fully saturated rings. The Kier molecular flexibility index (Phi) is 4.45. The highest BCUT2D eigenvalue weighted by Gasteiger charge is 2.48. The van der Waals surface area contributed by atoms with Crippen molar-refractivity contribution in [2.24, 2.45) is 0 Å². The largest absolute Gasteiger partial charge is 0.501 e. The summed E-state index contributed by atoms with van der Waals surface area (Å²) >= 11 is 0. The molecule has 0 unspecified atom stereocenters. The van der Waals surface area contributed by atoms with Gasteiger partial charge in [-0.05, 0) is 19.1 Å². The fourth-order valence-corrected chi connectivity index (χ4v) is 2.29. The topological polar surface area (TPSA) is 63.2 Å².